The van der Waals surface area contributed by atoms with Gasteiger partial charge in [-0.25, -0.2) is 8.42 Å². The predicted octanol–water partition coefficient (Wildman–Crippen LogP) is 1.03. The highest BCUT2D eigenvalue weighted by atomic mass is 32.2. The highest BCUT2D eigenvalue weighted by Crippen LogP contribution is 2.28. The van der Waals surface area contributed by atoms with Crippen molar-refractivity contribution in [3.63, 3.8) is 0 Å². The molecule has 0 bridgehead atoms. The number of nitrogens with two attached hydrogens (primary N) is 1. The molecule has 2 N–H and O–H groups in total. The summed E-state index contributed by atoms with van der Waals surface area (Å²) in [5, 5.41) is 0. The zero-order chi connectivity index (χ0) is 13.6. The second kappa shape index (κ2) is 4.12. The van der Waals surface area contributed by atoms with Crippen molar-refractivity contribution in [1.29, 1.82) is 0 Å². The van der Waals surface area contributed by atoms with Crippen LogP contribution in [0.3, 0.4) is 0 Å². The van der Waals surface area contributed by atoms with Crippen molar-refractivity contribution in [2.75, 3.05) is 28.7 Å². The lowest BCUT2D eigenvalue weighted by molar-refractivity contribution is 0.523. The molecule has 3 rings (SSSR count). The van der Waals surface area contributed by atoms with Gasteiger partial charge in [-0.3, -0.25) is 0 Å². The van der Waals surface area contributed by atoms with E-state index in [0.29, 0.717) is 29.3 Å². The molecule has 2 aromatic rings. The lowest BCUT2D eigenvalue weighted by Gasteiger charge is -2.31. The first-order valence-electron chi connectivity index (χ1n) is 6.08. The van der Waals surface area contributed by atoms with Crippen LogP contribution in [-0.2, 0) is 9.84 Å². The van der Waals surface area contributed by atoms with Crippen LogP contribution in [0.25, 0.3) is 11.1 Å². The molecule has 1 unspecified atom stereocenters. The molecular formula is C12H15N3O3S. The molecule has 0 aliphatic carbocycles. The van der Waals surface area contributed by atoms with Crippen LogP contribution in [0.4, 0.5) is 11.7 Å². The van der Waals surface area contributed by atoms with E-state index in [0.717, 1.165) is 0 Å². The van der Waals surface area contributed by atoms with Gasteiger partial charge >= 0.3 is 0 Å². The third-order valence-electron chi connectivity index (χ3n) is 3.35. The van der Waals surface area contributed by atoms with Crippen molar-refractivity contribution in [3.8, 4) is 0 Å². The van der Waals surface area contributed by atoms with E-state index in [1.54, 1.807) is 18.2 Å². The number of anilines is 2. The van der Waals surface area contributed by atoms with E-state index >= 15 is 0 Å². The molecule has 7 heteroatoms. The van der Waals surface area contributed by atoms with E-state index in [2.05, 4.69) is 4.98 Å². The molecule has 1 aliphatic rings. The van der Waals surface area contributed by atoms with Gasteiger partial charge in [-0.05, 0) is 19.1 Å². The van der Waals surface area contributed by atoms with Gasteiger partial charge < -0.3 is 15.1 Å². The van der Waals surface area contributed by atoms with E-state index < -0.39 is 9.84 Å². The third-order valence-corrected chi connectivity index (χ3v) is 5.15. The Balaban J connectivity index is 1.99. The number of nitrogens with zero attached hydrogens (tertiary/aromatic N) is 2. The van der Waals surface area contributed by atoms with Crippen molar-refractivity contribution < 1.29 is 12.8 Å². The zero-order valence-corrected chi connectivity index (χ0v) is 11.4. The Morgan fingerprint density at radius 2 is 2.26 bits per heavy atom. The second-order valence-electron chi connectivity index (χ2n) is 4.85. The van der Waals surface area contributed by atoms with Crippen LogP contribution in [0, 0.1) is 0 Å². The first-order chi connectivity index (χ1) is 8.96. The summed E-state index contributed by atoms with van der Waals surface area (Å²) in [6, 6.07) is 5.66. The minimum absolute atomic E-state index is 0.126. The van der Waals surface area contributed by atoms with Crippen molar-refractivity contribution in [2.45, 2.75) is 13.0 Å². The summed E-state index contributed by atoms with van der Waals surface area (Å²) >= 11 is 0. The predicted molar refractivity (Wildman–Crippen MR) is 73.9 cm³/mol. The fourth-order valence-electron chi connectivity index (χ4n) is 2.36. The van der Waals surface area contributed by atoms with Crippen molar-refractivity contribution in [3.05, 3.63) is 18.2 Å². The van der Waals surface area contributed by atoms with E-state index in [9.17, 15) is 8.42 Å². The van der Waals surface area contributed by atoms with Crippen molar-refractivity contribution in [2.24, 2.45) is 0 Å². The molecule has 1 fully saturated rings. The number of hydrogen-bond acceptors (Lipinski definition) is 6. The first-order valence-corrected chi connectivity index (χ1v) is 7.90. The van der Waals surface area contributed by atoms with Gasteiger partial charge in [0.05, 0.1) is 17.2 Å². The van der Waals surface area contributed by atoms with Crippen molar-refractivity contribution >= 4 is 32.6 Å². The third kappa shape index (κ3) is 2.14. The SMILES string of the molecule is CC1CS(=O)(=O)CCN1c1nc2c(N)cccc2o1. The van der Waals surface area contributed by atoms with Gasteiger partial charge in [0.15, 0.2) is 15.4 Å². The first kappa shape index (κ1) is 12.3. The number of hydrogen-bond donors (Lipinski definition) is 1. The van der Waals surface area contributed by atoms with Gasteiger partial charge in [0.2, 0.25) is 0 Å². The molecule has 1 atom stereocenters. The Labute approximate surface area is 111 Å². The molecule has 1 aromatic heterocycles. The van der Waals surface area contributed by atoms with E-state index in [-0.39, 0.29) is 17.5 Å². The largest absolute Gasteiger partial charge is 0.423 e. The zero-order valence-electron chi connectivity index (χ0n) is 10.5. The van der Waals surface area contributed by atoms with Gasteiger partial charge in [0.1, 0.15) is 5.52 Å². The number of rotatable bonds is 1. The summed E-state index contributed by atoms with van der Waals surface area (Å²) in [6.45, 7) is 2.26. The van der Waals surface area contributed by atoms with Crippen LogP contribution in [0.1, 0.15) is 6.92 Å². The summed E-state index contributed by atoms with van der Waals surface area (Å²) < 4.78 is 28.8. The maximum absolute atomic E-state index is 11.6. The minimum atomic E-state index is -2.95. The molecule has 2 heterocycles. The summed E-state index contributed by atoms with van der Waals surface area (Å²) in [7, 11) is -2.95. The molecule has 1 aromatic carbocycles. The molecule has 0 amide bonds. The number of benzene rings is 1. The van der Waals surface area contributed by atoms with Crippen LogP contribution in [0.5, 0.6) is 0 Å². The molecule has 102 valence electrons. The number of fused-ring (bicyclic) bond motifs is 1. The molecule has 0 radical (unpaired) electrons. The van der Waals surface area contributed by atoms with E-state index in [1.165, 1.54) is 0 Å². The molecule has 19 heavy (non-hydrogen) atoms. The lowest BCUT2D eigenvalue weighted by atomic mass is 10.3. The fourth-order valence-corrected chi connectivity index (χ4v) is 3.92. The summed E-state index contributed by atoms with van der Waals surface area (Å²) in [4.78, 5) is 6.25. The Bertz CT molecular complexity index is 723. The summed E-state index contributed by atoms with van der Waals surface area (Å²) in [5.74, 6) is 0.257. The number of aromatic nitrogens is 1. The second-order valence-corrected chi connectivity index (χ2v) is 7.08. The topological polar surface area (TPSA) is 89.4 Å². The summed E-state index contributed by atoms with van der Waals surface area (Å²) in [6.07, 6.45) is 0. The van der Waals surface area contributed by atoms with Gasteiger partial charge in [0.25, 0.3) is 6.01 Å². The normalized spacial score (nSPS) is 22.8. The quantitative estimate of drug-likeness (QED) is 0.785. The molecule has 1 aliphatic heterocycles. The standard InChI is InChI=1S/C12H15N3O3S/c1-8-7-19(16,17)6-5-15(8)12-14-11-9(13)3-2-4-10(11)18-12/h2-4,8H,5-7,13H2,1H3. The monoisotopic (exact) mass is 281 g/mol. The average molecular weight is 281 g/mol. The van der Waals surface area contributed by atoms with Crippen LogP contribution >= 0.6 is 0 Å². The molecule has 0 spiro atoms. The van der Waals surface area contributed by atoms with Crippen LogP contribution in [0.15, 0.2) is 22.6 Å². The fraction of sp³-hybridized carbons (Fsp3) is 0.417. The van der Waals surface area contributed by atoms with Gasteiger partial charge in [-0.15, -0.1) is 0 Å². The molecular weight excluding hydrogens is 266 g/mol. The van der Waals surface area contributed by atoms with Gasteiger partial charge in [-0.1, -0.05) is 6.07 Å². The van der Waals surface area contributed by atoms with E-state index in [4.69, 9.17) is 10.2 Å². The Kier molecular flexibility index (Phi) is 2.67. The van der Waals surface area contributed by atoms with Crippen LogP contribution in [-0.4, -0.2) is 37.5 Å². The number of para-hydroxylation sites is 1. The lowest BCUT2D eigenvalue weighted by Crippen LogP contribution is -2.47. The highest BCUT2D eigenvalue weighted by molar-refractivity contribution is 7.91. The average Bonchev–Trinajstić information content (AvgIpc) is 2.72. The van der Waals surface area contributed by atoms with Crippen LogP contribution in [0.2, 0.25) is 0 Å². The number of oxazole rings is 1. The van der Waals surface area contributed by atoms with E-state index in [1.807, 2.05) is 11.8 Å². The van der Waals surface area contributed by atoms with Gasteiger partial charge in [-0.2, -0.15) is 4.98 Å². The van der Waals surface area contributed by atoms with Crippen LogP contribution < -0.4 is 10.6 Å². The smallest absolute Gasteiger partial charge is 0.298 e. The highest BCUT2D eigenvalue weighted by Gasteiger charge is 2.31. The minimum Gasteiger partial charge on any atom is -0.423 e. The number of nitrogen functional groups attached to an aromatic ring is 1. The molecule has 0 saturated carbocycles. The Morgan fingerprint density at radius 1 is 1.47 bits per heavy atom. The van der Waals surface area contributed by atoms with Gasteiger partial charge in [0, 0.05) is 12.6 Å². The maximum atomic E-state index is 11.6. The van der Waals surface area contributed by atoms with Crippen molar-refractivity contribution in [1.82, 2.24) is 4.98 Å². The molecule has 6 nitrogen and oxygen atoms in total. The Hall–Kier alpha value is -1.76. The Morgan fingerprint density at radius 3 is 2.95 bits per heavy atom. The molecule has 1 saturated heterocycles. The number of sulfone groups is 1. The maximum Gasteiger partial charge on any atom is 0.298 e. The summed E-state index contributed by atoms with van der Waals surface area (Å²) in [5.41, 5.74) is 7.64.